The minimum atomic E-state index is -0.00303. The second-order valence-corrected chi connectivity index (χ2v) is 3.40. The first-order chi connectivity index (χ1) is 7.86. The van der Waals surface area contributed by atoms with E-state index in [9.17, 15) is 0 Å². The van der Waals surface area contributed by atoms with E-state index in [1.165, 1.54) is 0 Å². The highest BCUT2D eigenvalue weighted by atomic mass is 16.5. The number of aliphatic hydroxyl groups is 1. The summed E-state index contributed by atoms with van der Waals surface area (Å²) >= 11 is 0. The van der Waals surface area contributed by atoms with Gasteiger partial charge in [-0.15, -0.1) is 0 Å². The SMILES string of the molecule is CNC(CO)COCCOc1ccccc1. The van der Waals surface area contributed by atoms with Crippen molar-refractivity contribution >= 4 is 0 Å². The van der Waals surface area contributed by atoms with Crippen molar-refractivity contribution in [3.05, 3.63) is 30.3 Å². The maximum Gasteiger partial charge on any atom is 0.119 e. The lowest BCUT2D eigenvalue weighted by molar-refractivity contribution is 0.0700. The number of ether oxygens (including phenoxy) is 2. The first-order valence-electron chi connectivity index (χ1n) is 5.40. The predicted octanol–water partition coefficient (Wildman–Crippen LogP) is 0.662. The Kier molecular flexibility index (Phi) is 6.56. The Labute approximate surface area is 96.2 Å². The number of rotatable bonds is 8. The third-order valence-electron chi connectivity index (χ3n) is 2.19. The lowest BCUT2D eigenvalue weighted by atomic mass is 10.3. The van der Waals surface area contributed by atoms with Crippen molar-refractivity contribution in [2.75, 3.05) is 33.5 Å². The molecule has 4 nitrogen and oxygen atoms in total. The lowest BCUT2D eigenvalue weighted by Gasteiger charge is -2.13. The van der Waals surface area contributed by atoms with E-state index in [0.29, 0.717) is 19.8 Å². The molecule has 0 aliphatic carbocycles. The van der Waals surface area contributed by atoms with E-state index < -0.39 is 0 Å². The fourth-order valence-electron chi connectivity index (χ4n) is 1.19. The molecule has 1 aromatic rings. The topological polar surface area (TPSA) is 50.7 Å². The van der Waals surface area contributed by atoms with Crippen LogP contribution >= 0.6 is 0 Å². The molecule has 0 fully saturated rings. The number of hydrogen-bond acceptors (Lipinski definition) is 4. The third kappa shape index (κ3) is 5.11. The van der Waals surface area contributed by atoms with Gasteiger partial charge in [0.05, 0.1) is 25.9 Å². The van der Waals surface area contributed by atoms with E-state index in [1.807, 2.05) is 30.3 Å². The van der Waals surface area contributed by atoms with Crippen LogP contribution < -0.4 is 10.1 Å². The van der Waals surface area contributed by atoms with Gasteiger partial charge in [0.1, 0.15) is 12.4 Å². The molecule has 0 radical (unpaired) electrons. The highest BCUT2D eigenvalue weighted by Gasteiger charge is 2.02. The zero-order chi connectivity index (χ0) is 11.6. The van der Waals surface area contributed by atoms with Crippen molar-refractivity contribution in [1.82, 2.24) is 5.32 Å². The van der Waals surface area contributed by atoms with Crippen LogP contribution in [0.2, 0.25) is 0 Å². The largest absolute Gasteiger partial charge is 0.491 e. The Balaban J connectivity index is 2.04. The highest BCUT2D eigenvalue weighted by molar-refractivity contribution is 5.20. The Morgan fingerprint density at radius 2 is 2.00 bits per heavy atom. The second kappa shape index (κ2) is 8.10. The molecule has 90 valence electrons. The van der Waals surface area contributed by atoms with Crippen molar-refractivity contribution in [1.29, 1.82) is 0 Å². The molecule has 1 aromatic carbocycles. The quantitative estimate of drug-likeness (QED) is 0.638. The lowest BCUT2D eigenvalue weighted by Crippen LogP contribution is -2.34. The summed E-state index contributed by atoms with van der Waals surface area (Å²) in [5, 5.41) is 11.8. The van der Waals surface area contributed by atoms with E-state index >= 15 is 0 Å². The molecule has 0 saturated carbocycles. The van der Waals surface area contributed by atoms with Crippen LogP contribution in [0.1, 0.15) is 0 Å². The summed E-state index contributed by atoms with van der Waals surface area (Å²) < 4.78 is 10.8. The zero-order valence-electron chi connectivity index (χ0n) is 9.56. The number of para-hydroxylation sites is 1. The average Bonchev–Trinajstić information content (AvgIpc) is 2.35. The van der Waals surface area contributed by atoms with Gasteiger partial charge in [-0.05, 0) is 19.2 Å². The number of benzene rings is 1. The van der Waals surface area contributed by atoms with Crippen molar-refractivity contribution in [3.63, 3.8) is 0 Å². The number of aliphatic hydroxyl groups excluding tert-OH is 1. The maximum absolute atomic E-state index is 8.89. The molecule has 0 amide bonds. The average molecular weight is 225 g/mol. The molecule has 1 atom stereocenters. The fraction of sp³-hybridized carbons (Fsp3) is 0.500. The molecular formula is C12H19NO3. The molecule has 0 aliphatic rings. The van der Waals surface area contributed by atoms with Crippen LogP contribution in [0, 0.1) is 0 Å². The van der Waals surface area contributed by atoms with E-state index in [-0.39, 0.29) is 12.6 Å². The summed E-state index contributed by atoms with van der Waals surface area (Å²) in [5.41, 5.74) is 0. The van der Waals surface area contributed by atoms with E-state index in [2.05, 4.69) is 5.32 Å². The Morgan fingerprint density at radius 1 is 1.25 bits per heavy atom. The smallest absolute Gasteiger partial charge is 0.119 e. The van der Waals surface area contributed by atoms with Gasteiger partial charge >= 0.3 is 0 Å². The van der Waals surface area contributed by atoms with E-state index in [4.69, 9.17) is 14.6 Å². The van der Waals surface area contributed by atoms with Gasteiger partial charge in [0, 0.05) is 0 Å². The van der Waals surface area contributed by atoms with Crippen LogP contribution in [0.25, 0.3) is 0 Å². The van der Waals surface area contributed by atoms with Gasteiger partial charge in [-0.3, -0.25) is 0 Å². The summed E-state index contributed by atoms with van der Waals surface area (Å²) in [4.78, 5) is 0. The van der Waals surface area contributed by atoms with Crippen LogP contribution in [-0.4, -0.2) is 44.6 Å². The Hall–Kier alpha value is -1.10. The first kappa shape index (κ1) is 13.0. The van der Waals surface area contributed by atoms with Crippen LogP contribution in [-0.2, 0) is 4.74 Å². The second-order valence-electron chi connectivity index (χ2n) is 3.40. The molecule has 2 N–H and O–H groups in total. The predicted molar refractivity (Wildman–Crippen MR) is 62.7 cm³/mol. The Bertz CT molecular complexity index is 262. The molecule has 16 heavy (non-hydrogen) atoms. The van der Waals surface area contributed by atoms with Crippen LogP contribution in [0.15, 0.2) is 30.3 Å². The summed E-state index contributed by atoms with van der Waals surface area (Å²) in [5.74, 6) is 0.846. The number of nitrogens with one attached hydrogen (secondary N) is 1. The molecule has 0 saturated heterocycles. The molecule has 1 unspecified atom stereocenters. The zero-order valence-corrected chi connectivity index (χ0v) is 9.56. The van der Waals surface area contributed by atoms with Crippen molar-refractivity contribution in [2.45, 2.75) is 6.04 Å². The van der Waals surface area contributed by atoms with Crippen molar-refractivity contribution in [3.8, 4) is 5.75 Å². The third-order valence-corrected chi connectivity index (χ3v) is 2.19. The molecule has 4 heteroatoms. The van der Waals surface area contributed by atoms with Gasteiger partial charge in [-0.25, -0.2) is 0 Å². The minimum absolute atomic E-state index is 0.00303. The maximum atomic E-state index is 8.89. The van der Waals surface area contributed by atoms with Crippen molar-refractivity contribution in [2.24, 2.45) is 0 Å². The summed E-state index contributed by atoms with van der Waals surface area (Å²) in [6.07, 6.45) is 0. The van der Waals surface area contributed by atoms with E-state index in [1.54, 1.807) is 7.05 Å². The van der Waals surface area contributed by atoms with Gasteiger partial charge < -0.3 is 19.9 Å². The number of hydrogen-bond donors (Lipinski definition) is 2. The molecule has 0 heterocycles. The summed E-state index contributed by atoms with van der Waals surface area (Å²) in [7, 11) is 1.80. The normalized spacial score (nSPS) is 12.4. The number of likely N-dealkylation sites (N-methyl/N-ethyl adjacent to an activating group) is 1. The molecular weight excluding hydrogens is 206 g/mol. The fourth-order valence-corrected chi connectivity index (χ4v) is 1.19. The Morgan fingerprint density at radius 3 is 2.62 bits per heavy atom. The van der Waals surface area contributed by atoms with Gasteiger partial charge in [-0.1, -0.05) is 18.2 Å². The molecule has 0 spiro atoms. The summed E-state index contributed by atoms with van der Waals surface area (Å²) in [6.45, 7) is 1.61. The molecule has 0 aromatic heterocycles. The van der Waals surface area contributed by atoms with Gasteiger partial charge in [0.15, 0.2) is 0 Å². The van der Waals surface area contributed by atoms with Gasteiger partial charge in [0.2, 0.25) is 0 Å². The monoisotopic (exact) mass is 225 g/mol. The molecule has 0 aliphatic heterocycles. The molecule has 1 rings (SSSR count). The van der Waals surface area contributed by atoms with Crippen LogP contribution in [0.4, 0.5) is 0 Å². The van der Waals surface area contributed by atoms with Crippen molar-refractivity contribution < 1.29 is 14.6 Å². The van der Waals surface area contributed by atoms with E-state index in [0.717, 1.165) is 5.75 Å². The molecule has 0 bridgehead atoms. The minimum Gasteiger partial charge on any atom is -0.491 e. The first-order valence-corrected chi connectivity index (χ1v) is 5.40. The van der Waals surface area contributed by atoms with Gasteiger partial charge in [-0.2, -0.15) is 0 Å². The van der Waals surface area contributed by atoms with Crippen LogP contribution in [0.3, 0.4) is 0 Å². The highest BCUT2D eigenvalue weighted by Crippen LogP contribution is 2.07. The standard InChI is InChI=1S/C12H19NO3/c1-13-11(9-14)10-15-7-8-16-12-5-3-2-4-6-12/h2-6,11,13-14H,7-10H2,1H3. The van der Waals surface area contributed by atoms with Gasteiger partial charge in [0.25, 0.3) is 0 Å². The summed E-state index contributed by atoms with van der Waals surface area (Å²) in [6, 6.07) is 9.62. The van der Waals surface area contributed by atoms with Crippen LogP contribution in [0.5, 0.6) is 5.75 Å².